The summed E-state index contributed by atoms with van der Waals surface area (Å²) in [6, 6.07) is 9.17. The van der Waals surface area contributed by atoms with E-state index in [0.717, 1.165) is 31.3 Å². The summed E-state index contributed by atoms with van der Waals surface area (Å²) in [5.74, 6) is 1.81. The molecule has 0 bridgehead atoms. The number of nitrogens with one attached hydrogen (secondary N) is 2. The lowest BCUT2D eigenvalue weighted by Gasteiger charge is -2.34. The number of ether oxygens (including phenoxy) is 1. The topological polar surface area (TPSA) is 52.1 Å². The second kappa shape index (κ2) is 12.7. The van der Waals surface area contributed by atoms with Crippen LogP contribution in [0.3, 0.4) is 0 Å². The highest BCUT2D eigenvalue weighted by molar-refractivity contribution is 5.80. The molecule has 2 rings (SSSR count). The zero-order chi connectivity index (χ0) is 21.1. The molecule has 1 saturated heterocycles. The summed E-state index contributed by atoms with van der Waals surface area (Å²) in [6.07, 6.45) is 3.59. The molecule has 0 spiro atoms. The molecule has 2 N–H and O–H groups in total. The van der Waals surface area contributed by atoms with Crippen molar-refractivity contribution in [2.45, 2.75) is 52.1 Å². The second-order valence-electron chi connectivity index (χ2n) is 7.73. The normalized spacial score (nSPS) is 17.4. The van der Waals surface area contributed by atoms with E-state index in [1.807, 2.05) is 13.1 Å². The van der Waals surface area contributed by atoms with E-state index in [9.17, 15) is 0 Å². The van der Waals surface area contributed by atoms with Gasteiger partial charge >= 0.3 is 0 Å². The average Bonchev–Trinajstić information content (AvgIpc) is 2.77. The fourth-order valence-electron chi connectivity index (χ4n) is 4.17. The molecule has 0 aromatic heterocycles. The predicted octanol–water partition coefficient (Wildman–Crippen LogP) is 3.12. The van der Waals surface area contributed by atoms with E-state index < -0.39 is 0 Å². The molecule has 1 fully saturated rings. The summed E-state index contributed by atoms with van der Waals surface area (Å²) >= 11 is 0. The highest BCUT2D eigenvalue weighted by Gasteiger charge is 2.22. The van der Waals surface area contributed by atoms with Crippen LogP contribution in [0.4, 0.5) is 0 Å². The van der Waals surface area contributed by atoms with Crippen LogP contribution in [0, 0.1) is 0 Å². The van der Waals surface area contributed by atoms with Crippen molar-refractivity contribution >= 4 is 5.96 Å². The lowest BCUT2D eigenvalue weighted by atomic mass is 10.0. The number of rotatable bonds is 10. The van der Waals surface area contributed by atoms with Crippen molar-refractivity contribution in [1.82, 2.24) is 20.4 Å². The van der Waals surface area contributed by atoms with E-state index in [1.165, 1.54) is 44.5 Å². The predicted molar refractivity (Wildman–Crippen MR) is 123 cm³/mol. The zero-order valence-electron chi connectivity index (χ0n) is 19.1. The molecule has 6 nitrogen and oxygen atoms in total. The van der Waals surface area contributed by atoms with Crippen LogP contribution in [-0.4, -0.2) is 75.2 Å². The molecule has 1 aliphatic rings. The van der Waals surface area contributed by atoms with Crippen LogP contribution in [0.25, 0.3) is 0 Å². The van der Waals surface area contributed by atoms with Crippen molar-refractivity contribution < 1.29 is 4.74 Å². The maximum atomic E-state index is 5.45. The quantitative estimate of drug-likeness (QED) is 0.464. The Hall–Kier alpha value is -1.79. The van der Waals surface area contributed by atoms with Gasteiger partial charge in [0, 0.05) is 32.7 Å². The van der Waals surface area contributed by atoms with Gasteiger partial charge in [0.05, 0.1) is 13.2 Å². The third kappa shape index (κ3) is 7.19. The first-order valence-electron chi connectivity index (χ1n) is 11.2. The number of likely N-dealkylation sites (tertiary alicyclic amines) is 1. The average molecular weight is 404 g/mol. The highest BCUT2D eigenvalue weighted by atomic mass is 16.5. The maximum absolute atomic E-state index is 5.45. The lowest BCUT2D eigenvalue weighted by Crippen LogP contribution is -2.50. The van der Waals surface area contributed by atoms with E-state index in [4.69, 9.17) is 4.74 Å². The molecule has 0 saturated carbocycles. The molecule has 0 radical (unpaired) electrons. The van der Waals surface area contributed by atoms with Gasteiger partial charge in [0.25, 0.3) is 0 Å². The first-order chi connectivity index (χ1) is 14.1. The molecular formula is C23H41N5O. The number of hydrogen-bond acceptors (Lipinski definition) is 4. The van der Waals surface area contributed by atoms with Crippen molar-refractivity contribution in [2.24, 2.45) is 4.99 Å². The van der Waals surface area contributed by atoms with Gasteiger partial charge in [-0.3, -0.25) is 9.89 Å². The molecule has 1 heterocycles. The zero-order valence-corrected chi connectivity index (χ0v) is 19.1. The largest absolute Gasteiger partial charge is 0.497 e. The monoisotopic (exact) mass is 403 g/mol. The first-order valence-corrected chi connectivity index (χ1v) is 11.2. The van der Waals surface area contributed by atoms with Gasteiger partial charge in [-0.25, -0.2) is 0 Å². The summed E-state index contributed by atoms with van der Waals surface area (Å²) in [5.41, 5.74) is 1.27. The molecule has 164 valence electrons. The Kier molecular flexibility index (Phi) is 10.3. The molecule has 1 unspecified atom stereocenters. The molecule has 0 amide bonds. The number of nitrogens with zero attached hydrogens (tertiary/aromatic N) is 3. The van der Waals surface area contributed by atoms with Crippen molar-refractivity contribution in [3.8, 4) is 5.75 Å². The third-order valence-electron chi connectivity index (χ3n) is 5.89. The third-order valence-corrected chi connectivity index (χ3v) is 5.89. The van der Waals surface area contributed by atoms with Gasteiger partial charge in [-0.15, -0.1) is 0 Å². The molecule has 1 aliphatic heterocycles. The number of piperidine rings is 1. The Bertz CT molecular complexity index is 609. The Morgan fingerprint density at radius 2 is 1.97 bits per heavy atom. The maximum Gasteiger partial charge on any atom is 0.191 e. The number of methoxy groups -OCH3 is 1. The van der Waals surface area contributed by atoms with Gasteiger partial charge in [-0.2, -0.15) is 0 Å². The summed E-state index contributed by atoms with van der Waals surface area (Å²) in [4.78, 5) is 9.52. The van der Waals surface area contributed by atoms with Crippen LogP contribution in [0.5, 0.6) is 5.75 Å². The van der Waals surface area contributed by atoms with Gasteiger partial charge in [0.1, 0.15) is 5.75 Å². The van der Waals surface area contributed by atoms with Crippen LogP contribution >= 0.6 is 0 Å². The van der Waals surface area contributed by atoms with Gasteiger partial charge in [0.15, 0.2) is 5.96 Å². The van der Waals surface area contributed by atoms with Crippen molar-refractivity contribution in [3.05, 3.63) is 29.8 Å². The number of hydrogen-bond donors (Lipinski definition) is 2. The summed E-state index contributed by atoms with van der Waals surface area (Å²) < 4.78 is 5.45. The number of likely N-dealkylation sites (N-methyl/N-ethyl adjacent to an activating group) is 1. The number of guanidine groups is 1. The van der Waals surface area contributed by atoms with Crippen LogP contribution in [0.2, 0.25) is 0 Å². The van der Waals surface area contributed by atoms with Crippen LogP contribution in [0.15, 0.2) is 29.3 Å². The van der Waals surface area contributed by atoms with Crippen molar-refractivity contribution in [2.75, 3.05) is 53.4 Å². The molecule has 6 heteroatoms. The first kappa shape index (κ1) is 23.5. The Morgan fingerprint density at radius 1 is 1.24 bits per heavy atom. The Balaban J connectivity index is 1.97. The van der Waals surface area contributed by atoms with E-state index in [1.54, 1.807) is 7.11 Å². The van der Waals surface area contributed by atoms with Gasteiger partial charge in [-0.1, -0.05) is 32.9 Å². The fourth-order valence-corrected chi connectivity index (χ4v) is 4.17. The Morgan fingerprint density at radius 3 is 2.55 bits per heavy atom. The minimum absolute atomic E-state index is 0.269. The SMILES string of the molecule is CCCN1CCC(NC(=NC)NCC(c2cccc(OC)c2)N(CC)CC)CC1. The smallest absolute Gasteiger partial charge is 0.191 e. The van der Waals surface area contributed by atoms with E-state index in [2.05, 4.69) is 64.4 Å². The second-order valence-corrected chi connectivity index (χ2v) is 7.73. The molecule has 0 aliphatic carbocycles. The summed E-state index contributed by atoms with van der Waals surface area (Å²) in [6.45, 7) is 13.1. The van der Waals surface area contributed by atoms with Gasteiger partial charge in [0.2, 0.25) is 0 Å². The highest BCUT2D eigenvalue weighted by Crippen LogP contribution is 2.23. The fraction of sp³-hybridized carbons (Fsp3) is 0.696. The van der Waals surface area contributed by atoms with E-state index in [0.29, 0.717) is 6.04 Å². The van der Waals surface area contributed by atoms with E-state index >= 15 is 0 Å². The number of aliphatic imine (C=N–C) groups is 1. The Labute approximate surface area is 177 Å². The van der Waals surface area contributed by atoms with Gasteiger partial charge in [-0.05, 0) is 56.6 Å². The van der Waals surface area contributed by atoms with E-state index in [-0.39, 0.29) is 6.04 Å². The van der Waals surface area contributed by atoms with Crippen molar-refractivity contribution in [1.29, 1.82) is 0 Å². The minimum atomic E-state index is 0.269. The standard InChI is InChI=1S/C23H41N5O/c1-6-14-27-15-12-20(13-16-27)26-23(24-4)25-18-22(28(7-2)8-3)19-10-9-11-21(17-19)29-5/h9-11,17,20,22H,6-8,12-16,18H2,1-5H3,(H2,24,25,26). The summed E-state index contributed by atoms with van der Waals surface area (Å²) in [7, 11) is 3.58. The lowest BCUT2D eigenvalue weighted by molar-refractivity contribution is 0.205. The molecular weight excluding hydrogens is 362 g/mol. The molecule has 1 atom stereocenters. The summed E-state index contributed by atoms with van der Waals surface area (Å²) in [5, 5.41) is 7.22. The molecule has 1 aromatic carbocycles. The van der Waals surface area contributed by atoms with Crippen LogP contribution in [0.1, 0.15) is 51.6 Å². The van der Waals surface area contributed by atoms with Crippen LogP contribution in [-0.2, 0) is 0 Å². The minimum Gasteiger partial charge on any atom is -0.497 e. The number of benzene rings is 1. The van der Waals surface area contributed by atoms with Crippen molar-refractivity contribution in [3.63, 3.8) is 0 Å². The molecule has 1 aromatic rings. The van der Waals surface area contributed by atoms with Gasteiger partial charge < -0.3 is 20.3 Å². The molecule has 29 heavy (non-hydrogen) atoms. The van der Waals surface area contributed by atoms with Crippen LogP contribution < -0.4 is 15.4 Å².